The molecule has 1 N–H and O–H groups in total. The number of nitrogens with one attached hydrogen (secondary N) is 1. The van der Waals surface area contributed by atoms with Gasteiger partial charge < -0.3 is 0 Å². The molecule has 0 saturated carbocycles. The van der Waals surface area contributed by atoms with Crippen LogP contribution in [0.3, 0.4) is 0 Å². The van der Waals surface area contributed by atoms with Crippen molar-refractivity contribution in [2.24, 2.45) is 0 Å². The number of aryl methyl sites for hydroxylation is 1. The van der Waals surface area contributed by atoms with Crippen LogP contribution in [0.15, 0.2) is 47.6 Å². The number of rotatable bonds is 4. The van der Waals surface area contributed by atoms with Gasteiger partial charge in [-0.25, -0.2) is 8.42 Å². The molecule has 2 aromatic rings. The molecule has 20 heavy (non-hydrogen) atoms. The Hall–Kier alpha value is -2.48. The average Bonchev–Trinajstić information content (AvgIpc) is 2.39. The van der Waals surface area contributed by atoms with E-state index in [-0.39, 0.29) is 10.6 Å². The quantitative estimate of drug-likeness (QED) is 0.687. The zero-order valence-corrected chi connectivity index (χ0v) is 11.3. The molecule has 0 saturated heterocycles. The fourth-order valence-corrected chi connectivity index (χ4v) is 2.93. The number of benzene rings is 1. The first kappa shape index (κ1) is 13.9. The first-order chi connectivity index (χ1) is 9.40. The van der Waals surface area contributed by atoms with E-state index in [4.69, 9.17) is 0 Å². The Morgan fingerprint density at radius 3 is 2.65 bits per heavy atom. The van der Waals surface area contributed by atoms with Gasteiger partial charge >= 0.3 is 0 Å². The fourth-order valence-electron chi connectivity index (χ4n) is 1.63. The second-order valence-electron chi connectivity index (χ2n) is 4.05. The van der Waals surface area contributed by atoms with Crippen molar-refractivity contribution in [2.45, 2.75) is 11.8 Å². The molecule has 0 aliphatic carbocycles. The van der Waals surface area contributed by atoms with E-state index in [1.54, 1.807) is 13.0 Å². The van der Waals surface area contributed by atoms with E-state index in [9.17, 15) is 18.5 Å². The molecule has 7 nitrogen and oxygen atoms in total. The molecular weight excluding hydrogens is 282 g/mol. The Morgan fingerprint density at radius 1 is 1.30 bits per heavy atom. The van der Waals surface area contributed by atoms with Gasteiger partial charge in [0.05, 0.1) is 21.7 Å². The molecule has 0 aliphatic heterocycles. The second-order valence-corrected chi connectivity index (χ2v) is 5.70. The van der Waals surface area contributed by atoms with Crippen molar-refractivity contribution < 1.29 is 13.3 Å². The monoisotopic (exact) mass is 293 g/mol. The van der Waals surface area contributed by atoms with Crippen LogP contribution in [0.25, 0.3) is 0 Å². The summed E-state index contributed by atoms with van der Waals surface area (Å²) in [5.41, 5.74) is 0.438. The summed E-state index contributed by atoms with van der Waals surface area (Å²) < 4.78 is 26.8. The predicted molar refractivity (Wildman–Crippen MR) is 72.9 cm³/mol. The Balaban J connectivity index is 2.44. The number of nitrogens with zero attached hydrogens (tertiary/aromatic N) is 2. The molecule has 0 amide bonds. The van der Waals surface area contributed by atoms with Crippen LogP contribution < -0.4 is 4.72 Å². The topological polar surface area (TPSA) is 102 Å². The number of sulfonamides is 1. The highest BCUT2D eigenvalue weighted by molar-refractivity contribution is 7.92. The van der Waals surface area contributed by atoms with Crippen molar-refractivity contribution in [2.75, 3.05) is 4.72 Å². The number of hydrogen-bond acceptors (Lipinski definition) is 5. The number of hydrogen-bond donors (Lipinski definition) is 1. The molecule has 1 heterocycles. The highest BCUT2D eigenvalue weighted by Gasteiger charge is 2.20. The van der Waals surface area contributed by atoms with Crippen LogP contribution in [0.1, 0.15) is 5.56 Å². The van der Waals surface area contributed by atoms with Crippen molar-refractivity contribution in [3.8, 4) is 0 Å². The van der Waals surface area contributed by atoms with Crippen LogP contribution in [-0.2, 0) is 10.0 Å². The van der Waals surface area contributed by atoms with Crippen molar-refractivity contribution in [3.05, 3.63) is 58.4 Å². The molecule has 8 heteroatoms. The Kier molecular flexibility index (Phi) is 3.66. The lowest BCUT2D eigenvalue weighted by Gasteiger charge is -2.09. The van der Waals surface area contributed by atoms with Crippen molar-refractivity contribution in [1.29, 1.82) is 0 Å². The molecule has 0 aliphatic rings. The average molecular weight is 293 g/mol. The van der Waals surface area contributed by atoms with Gasteiger partial charge in [0.15, 0.2) is 0 Å². The normalized spacial score (nSPS) is 11.1. The Labute approximate surface area is 115 Å². The third-order valence-corrected chi connectivity index (χ3v) is 4.11. The maximum atomic E-state index is 12.2. The summed E-state index contributed by atoms with van der Waals surface area (Å²) >= 11 is 0. The maximum Gasteiger partial charge on any atom is 0.270 e. The summed E-state index contributed by atoms with van der Waals surface area (Å²) in [7, 11) is -3.89. The fraction of sp³-hybridized carbons (Fsp3) is 0.0833. The van der Waals surface area contributed by atoms with Crippen LogP contribution in [0, 0.1) is 17.0 Å². The van der Waals surface area contributed by atoms with E-state index >= 15 is 0 Å². The van der Waals surface area contributed by atoms with Gasteiger partial charge in [-0.3, -0.25) is 19.8 Å². The minimum atomic E-state index is -3.89. The zero-order chi connectivity index (χ0) is 14.8. The number of nitro benzene ring substituents is 1. The maximum absolute atomic E-state index is 12.2. The van der Waals surface area contributed by atoms with Crippen molar-refractivity contribution in [1.82, 2.24) is 4.98 Å². The van der Waals surface area contributed by atoms with Crippen molar-refractivity contribution >= 4 is 21.4 Å². The number of aromatic nitrogens is 1. The molecule has 0 spiro atoms. The SMILES string of the molecule is Cc1ccc([N+](=O)[O-])cc1S(=O)(=O)Nc1cccnc1. The lowest BCUT2D eigenvalue weighted by molar-refractivity contribution is -0.385. The van der Waals surface area contributed by atoms with E-state index in [2.05, 4.69) is 9.71 Å². The van der Waals surface area contributed by atoms with E-state index in [0.29, 0.717) is 11.3 Å². The summed E-state index contributed by atoms with van der Waals surface area (Å²) in [6.07, 6.45) is 2.86. The summed E-state index contributed by atoms with van der Waals surface area (Å²) in [5.74, 6) is 0. The Bertz CT molecular complexity index is 745. The molecule has 0 bridgehead atoms. The molecule has 1 aromatic carbocycles. The second kappa shape index (κ2) is 5.25. The number of non-ortho nitro benzene ring substituents is 1. The van der Waals surface area contributed by atoms with Gasteiger partial charge in [0.1, 0.15) is 0 Å². The largest absolute Gasteiger partial charge is 0.278 e. The summed E-state index contributed by atoms with van der Waals surface area (Å²) in [5, 5.41) is 10.7. The Morgan fingerprint density at radius 2 is 2.05 bits per heavy atom. The minimum Gasteiger partial charge on any atom is -0.278 e. The van der Waals surface area contributed by atoms with E-state index in [0.717, 1.165) is 6.07 Å². The van der Waals surface area contributed by atoms with Gasteiger partial charge in [0.25, 0.3) is 15.7 Å². The summed E-state index contributed by atoms with van der Waals surface area (Å²) in [6.45, 7) is 1.57. The van der Waals surface area contributed by atoms with Crippen molar-refractivity contribution in [3.63, 3.8) is 0 Å². The van der Waals surface area contributed by atoms with Crippen LogP contribution in [0.4, 0.5) is 11.4 Å². The number of anilines is 1. The van der Waals surface area contributed by atoms with Gasteiger partial charge in [-0.15, -0.1) is 0 Å². The number of nitro groups is 1. The number of pyridine rings is 1. The zero-order valence-electron chi connectivity index (χ0n) is 10.5. The minimum absolute atomic E-state index is 0.129. The van der Waals surface area contributed by atoms with Crippen LogP contribution >= 0.6 is 0 Å². The first-order valence-electron chi connectivity index (χ1n) is 5.58. The molecule has 1 aromatic heterocycles. The van der Waals surface area contributed by atoms with E-state index in [1.165, 1.54) is 30.6 Å². The van der Waals surface area contributed by atoms with E-state index in [1.807, 2.05) is 0 Å². The van der Waals surface area contributed by atoms with Gasteiger partial charge in [-0.1, -0.05) is 6.07 Å². The van der Waals surface area contributed by atoms with Gasteiger partial charge in [0, 0.05) is 18.3 Å². The first-order valence-corrected chi connectivity index (χ1v) is 7.06. The van der Waals surface area contributed by atoms with Crippen LogP contribution in [0.2, 0.25) is 0 Å². The highest BCUT2D eigenvalue weighted by Crippen LogP contribution is 2.23. The standard InChI is InChI=1S/C12H11N3O4S/c1-9-4-5-11(15(16)17)7-12(9)20(18,19)14-10-3-2-6-13-8-10/h2-8,14H,1H3. The molecule has 0 atom stereocenters. The predicted octanol–water partition coefficient (Wildman–Crippen LogP) is 2.10. The third-order valence-electron chi connectivity index (χ3n) is 2.59. The molecule has 104 valence electrons. The molecule has 0 fully saturated rings. The molecule has 2 rings (SSSR count). The van der Waals surface area contributed by atoms with Gasteiger partial charge in [-0.2, -0.15) is 0 Å². The van der Waals surface area contributed by atoms with Crippen LogP contribution in [-0.4, -0.2) is 18.3 Å². The van der Waals surface area contributed by atoms with Gasteiger partial charge in [-0.05, 0) is 24.6 Å². The van der Waals surface area contributed by atoms with Gasteiger partial charge in [0.2, 0.25) is 0 Å². The van der Waals surface area contributed by atoms with E-state index < -0.39 is 14.9 Å². The third kappa shape index (κ3) is 2.91. The molecule has 0 unspecified atom stereocenters. The summed E-state index contributed by atoms with van der Waals surface area (Å²) in [4.78, 5) is 13.8. The lowest BCUT2D eigenvalue weighted by Crippen LogP contribution is -2.14. The molecular formula is C12H11N3O4S. The van der Waals surface area contributed by atoms with Crippen LogP contribution in [0.5, 0.6) is 0 Å². The lowest BCUT2D eigenvalue weighted by atomic mass is 10.2. The smallest absolute Gasteiger partial charge is 0.270 e. The molecule has 0 radical (unpaired) electrons. The highest BCUT2D eigenvalue weighted by atomic mass is 32.2. The summed E-state index contributed by atoms with van der Waals surface area (Å²) in [6, 6.07) is 6.82.